The second-order valence-electron chi connectivity index (χ2n) is 8.30. The molecule has 1 aliphatic carbocycles. The molecule has 1 aromatic heterocycles. The third-order valence-electron chi connectivity index (χ3n) is 6.30. The number of carboxylic acid groups (broad SMARTS) is 1. The molecule has 1 aromatic carbocycles. The van der Waals surface area contributed by atoms with E-state index < -0.39 is 11.6 Å². The van der Waals surface area contributed by atoms with E-state index in [4.69, 9.17) is 9.15 Å². The lowest BCUT2D eigenvalue weighted by atomic mass is 9.58. The van der Waals surface area contributed by atoms with Crippen molar-refractivity contribution in [1.29, 1.82) is 0 Å². The van der Waals surface area contributed by atoms with Crippen LogP contribution in [-0.4, -0.2) is 17.7 Å². The Kier molecular flexibility index (Phi) is 5.96. The summed E-state index contributed by atoms with van der Waals surface area (Å²) in [5.41, 5.74) is 2.11. The Balaban J connectivity index is 1.86. The number of aliphatic carboxylic acids is 1. The molecule has 0 saturated carbocycles. The van der Waals surface area contributed by atoms with E-state index in [0.29, 0.717) is 24.4 Å². The molecule has 5 nitrogen and oxygen atoms in total. The van der Waals surface area contributed by atoms with Gasteiger partial charge in [0.1, 0.15) is 11.3 Å². The molecule has 0 radical (unpaired) electrons. The van der Waals surface area contributed by atoms with Gasteiger partial charge in [-0.3, -0.25) is 4.79 Å². The molecule has 1 aliphatic rings. The molecule has 0 fully saturated rings. The zero-order valence-electron chi connectivity index (χ0n) is 17.2. The summed E-state index contributed by atoms with van der Waals surface area (Å²) < 4.78 is 11.4. The molecule has 0 bridgehead atoms. The normalized spacial score (nSPS) is 24.2. The van der Waals surface area contributed by atoms with Gasteiger partial charge in [-0.15, -0.1) is 0 Å². The molecule has 3 atom stereocenters. The topological polar surface area (TPSA) is 76.7 Å². The van der Waals surface area contributed by atoms with Crippen molar-refractivity contribution in [3.63, 3.8) is 0 Å². The summed E-state index contributed by atoms with van der Waals surface area (Å²) in [7, 11) is 0. The van der Waals surface area contributed by atoms with Crippen molar-refractivity contribution in [2.45, 2.75) is 40.0 Å². The first kappa shape index (κ1) is 20.9. The fraction of sp³-hybridized carbons (Fsp3) is 0.417. The predicted octanol–water partition coefficient (Wildman–Crippen LogP) is 5.20. The molecule has 0 aliphatic heterocycles. The predicted molar refractivity (Wildman–Crippen MR) is 113 cm³/mol. The maximum Gasteiger partial charge on any atom is 0.336 e. The van der Waals surface area contributed by atoms with E-state index in [0.717, 1.165) is 17.4 Å². The highest BCUT2D eigenvalue weighted by Crippen LogP contribution is 2.51. The lowest BCUT2D eigenvalue weighted by Gasteiger charge is -2.47. The van der Waals surface area contributed by atoms with Crippen LogP contribution in [0.4, 0.5) is 0 Å². The highest BCUT2D eigenvalue weighted by molar-refractivity contribution is 5.77. The van der Waals surface area contributed by atoms with Gasteiger partial charge in [0, 0.05) is 29.9 Å². The minimum atomic E-state index is -0.789. The lowest BCUT2D eigenvalue weighted by Crippen LogP contribution is -2.42. The van der Waals surface area contributed by atoms with E-state index in [9.17, 15) is 14.7 Å². The molecule has 1 heterocycles. The maximum atomic E-state index is 11.5. The van der Waals surface area contributed by atoms with Crippen molar-refractivity contribution in [3.8, 4) is 5.75 Å². The number of fused-ring (bicyclic) bond motifs is 1. The number of allylic oxidation sites excluding steroid dienone is 2. The Morgan fingerprint density at radius 1 is 1.34 bits per heavy atom. The summed E-state index contributed by atoms with van der Waals surface area (Å²) in [6.45, 7) is 10.8. The number of hydrogen-bond donors (Lipinski definition) is 1. The Bertz CT molecular complexity index is 1020. The van der Waals surface area contributed by atoms with Gasteiger partial charge in [-0.05, 0) is 56.2 Å². The first-order valence-electron chi connectivity index (χ1n) is 9.91. The van der Waals surface area contributed by atoms with E-state index in [1.54, 1.807) is 12.1 Å². The molecule has 0 saturated heterocycles. The van der Waals surface area contributed by atoms with Crippen LogP contribution >= 0.6 is 0 Å². The van der Waals surface area contributed by atoms with E-state index >= 15 is 0 Å². The van der Waals surface area contributed by atoms with Crippen LogP contribution in [0.2, 0.25) is 0 Å². The van der Waals surface area contributed by atoms with Crippen LogP contribution < -0.4 is 10.4 Å². The summed E-state index contributed by atoms with van der Waals surface area (Å²) >= 11 is 0. The molecule has 5 heteroatoms. The molecule has 0 spiro atoms. The largest absolute Gasteiger partial charge is 0.493 e. The second kappa shape index (κ2) is 8.27. The van der Waals surface area contributed by atoms with Crippen molar-refractivity contribution in [2.75, 3.05) is 6.61 Å². The summed E-state index contributed by atoms with van der Waals surface area (Å²) in [4.78, 5) is 22.8. The van der Waals surface area contributed by atoms with Crippen LogP contribution in [0.5, 0.6) is 5.75 Å². The average molecular weight is 396 g/mol. The van der Waals surface area contributed by atoms with Crippen LogP contribution in [0.3, 0.4) is 0 Å². The minimum absolute atomic E-state index is 0.0655. The van der Waals surface area contributed by atoms with Crippen molar-refractivity contribution >= 4 is 16.9 Å². The Hall–Kier alpha value is -2.82. The van der Waals surface area contributed by atoms with Gasteiger partial charge in [0.05, 0.1) is 6.61 Å². The van der Waals surface area contributed by atoms with Gasteiger partial charge in [0.2, 0.25) is 0 Å². The quantitative estimate of drug-likeness (QED) is 0.514. The molecule has 3 rings (SSSR count). The SMILES string of the molecule is C=C(C)C1CC=C(C)C(COc2ccc3ccc(=O)oc3c2)C1(C)CCC(=O)O. The number of ether oxygens (including phenoxy) is 1. The first-order chi connectivity index (χ1) is 13.7. The van der Waals surface area contributed by atoms with Gasteiger partial charge in [-0.1, -0.05) is 30.7 Å². The van der Waals surface area contributed by atoms with E-state index in [1.165, 1.54) is 11.6 Å². The highest BCUT2D eigenvalue weighted by Gasteiger charge is 2.44. The van der Waals surface area contributed by atoms with Gasteiger partial charge in [-0.25, -0.2) is 4.79 Å². The Morgan fingerprint density at radius 2 is 2.07 bits per heavy atom. The van der Waals surface area contributed by atoms with Gasteiger partial charge < -0.3 is 14.3 Å². The first-order valence-corrected chi connectivity index (χ1v) is 9.91. The van der Waals surface area contributed by atoms with Gasteiger partial charge in [0.15, 0.2) is 0 Å². The maximum absolute atomic E-state index is 11.5. The zero-order chi connectivity index (χ0) is 21.2. The molecular formula is C24H28O5. The number of hydrogen-bond acceptors (Lipinski definition) is 4. The third-order valence-corrected chi connectivity index (χ3v) is 6.30. The smallest absolute Gasteiger partial charge is 0.336 e. The lowest BCUT2D eigenvalue weighted by molar-refractivity contribution is -0.138. The molecular weight excluding hydrogens is 368 g/mol. The second-order valence-corrected chi connectivity index (χ2v) is 8.30. The zero-order valence-corrected chi connectivity index (χ0v) is 17.2. The summed E-state index contributed by atoms with van der Waals surface area (Å²) in [5, 5.41) is 10.1. The molecule has 0 amide bonds. The van der Waals surface area contributed by atoms with Crippen molar-refractivity contribution < 1.29 is 19.1 Å². The molecule has 2 aromatic rings. The monoisotopic (exact) mass is 396 g/mol. The summed E-state index contributed by atoms with van der Waals surface area (Å²) in [6, 6.07) is 8.56. The standard InChI is InChI=1S/C24H28O5/c1-15(2)19-9-5-16(3)20(24(19,4)12-11-22(25)26)14-28-18-8-6-17-7-10-23(27)29-21(17)13-18/h5-8,10,13,19-20H,1,9,11-12,14H2,2-4H3,(H,25,26). The number of carbonyl (C=O) groups is 1. The Morgan fingerprint density at radius 3 is 2.76 bits per heavy atom. The van der Waals surface area contributed by atoms with Crippen molar-refractivity contribution in [3.05, 3.63) is 64.6 Å². The van der Waals surface area contributed by atoms with Gasteiger partial charge in [0.25, 0.3) is 0 Å². The fourth-order valence-electron chi connectivity index (χ4n) is 4.60. The van der Waals surface area contributed by atoms with E-state index in [1.807, 2.05) is 19.1 Å². The van der Waals surface area contributed by atoms with Crippen LogP contribution in [0, 0.1) is 17.3 Å². The number of carboxylic acids is 1. The summed E-state index contributed by atoms with van der Waals surface area (Å²) in [6.07, 6.45) is 3.76. The van der Waals surface area contributed by atoms with Crippen LogP contribution in [0.25, 0.3) is 11.0 Å². The van der Waals surface area contributed by atoms with Gasteiger partial charge in [-0.2, -0.15) is 0 Å². The highest BCUT2D eigenvalue weighted by atomic mass is 16.5. The van der Waals surface area contributed by atoms with Gasteiger partial charge >= 0.3 is 11.6 Å². The number of benzene rings is 1. The Labute approximate surface area is 170 Å². The van der Waals surface area contributed by atoms with Crippen molar-refractivity contribution in [1.82, 2.24) is 0 Å². The van der Waals surface area contributed by atoms with Crippen molar-refractivity contribution in [2.24, 2.45) is 17.3 Å². The fourth-order valence-corrected chi connectivity index (χ4v) is 4.60. The minimum Gasteiger partial charge on any atom is -0.493 e. The van der Waals surface area contributed by atoms with Crippen LogP contribution in [0.1, 0.15) is 40.0 Å². The van der Waals surface area contributed by atoms with Crippen LogP contribution in [-0.2, 0) is 4.79 Å². The molecule has 3 unspecified atom stereocenters. The van der Waals surface area contributed by atoms with E-state index in [-0.39, 0.29) is 23.7 Å². The molecule has 29 heavy (non-hydrogen) atoms. The molecule has 1 N–H and O–H groups in total. The number of rotatable bonds is 7. The summed E-state index contributed by atoms with van der Waals surface area (Å²) in [5.74, 6) is 0.102. The van der Waals surface area contributed by atoms with E-state index in [2.05, 4.69) is 26.5 Å². The molecule has 154 valence electrons. The third kappa shape index (κ3) is 4.44. The average Bonchev–Trinajstić information content (AvgIpc) is 2.65. The van der Waals surface area contributed by atoms with Crippen LogP contribution in [0.15, 0.2) is 63.3 Å².